The second-order valence-electron chi connectivity index (χ2n) is 4.78. The highest BCUT2D eigenvalue weighted by atomic mass is 16.5. The maximum atomic E-state index is 9.11. The van der Waals surface area contributed by atoms with Crippen LogP contribution in [0.25, 0.3) is 0 Å². The third-order valence-corrected chi connectivity index (χ3v) is 3.25. The van der Waals surface area contributed by atoms with Crippen molar-refractivity contribution in [1.29, 1.82) is 0 Å². The van der Waals surface area contributed by atoms with Gasteiger partial charge in [0, 0.05) is 12.2 Å². The zero-order valence-corrected chi connectivity index (χ0v) is 11.7. The predicted octanol–water partition coefficient (Wildman–Crippen LogP) is 1.11. The summed E-state index contributed by atoms with van der Waals surface area (Å²) >= 11 is 0. The first-order valence-corrected chi connectivity index (χ1v) is 6.73. The molecular weight excluding hydrogens is 255 g/mol. The molecule has 2 aromatic rings. The highest BCUT2D eigenvalue weighted by molar-refractivity contribution is 6.58. The van der Waals surface area contributed by atoms with Gasteiger partial charge in [-0.15, -0.1) is 0 Å². The summed E-state index contributed by atoms with van der Waals surface area (Å²) < 4.78 is 7.53. The van der Waals surface area contributed by atoms with Gasteiger partial charge in [0.25, 0.3) is 0 Å². The van der Waals surface area contributed by atoms with Gasteiger partial charge in [-0.25, -0.2) is 0 Å². The Labute approximate surface area is 119 Å². The minimum atomic E-state index is -1.48. The van der Waals surface area contributed by atoms with Gasteiger partial charge in [-0.05, 0) is 37.0 Å². The zero-order valence-electron chi connectivity index (χ0n) is 11.7. The molecule has 0 spiro atoms. The standard InChI is InChI=1S/C14H19BN2O3/c1-3-11(2)17-8-7-13(16-17)10-20-14-6-4-5-12(9-14)15(18)19/h4-9,11,18-19H,3,10H2,1-2H3. The molecule has 0 saturated carbocycles. The molecule has 1 heterocycles. The largest absolute Gasteiger partial charge is 0.488 e. The maximum absolute atomic E-state index is 9.11. The molecule has 2 rings (SSSR count). The summed E-state index contributed by atoms with van der Waals surface area (Å²) in [6, 6.07) is 9.04. The van der Waals surface area contributed by atoms with Crippen LogP contribution in [0, 0.1) is 0 Å². The molecule has 1 atom stereocenters. The van der Waals surface area contributed by atoms with E-state index in [0.29, 0.717) is 23.9 Å². The SMILES string of the molecule is CCC(C)n1ccc(COc2cccc(B(O)O)c2)n1. The summed E-state index contributed by atoms with van der Waals surface area (Å²) in [6.45, 7) is 4.59. The Kier molecular flexibility index (Phi) is 4.81. The summed E-state index contributed by atoms with van der Waals surface area (Å²) in [5, 5.41) is 22.7. The van der Waals surface area contributed by atoms with Crippen LogP contribution >= 0.6 is 0 Å². The Morgan fingerprint density at radius 2 is 2.15 bits per heavy atom. The molecule has 0 aliphatic rings. The Hall–Kier alpha value is -1.79. The van der Waals surface area contributed by atoms with E-state index in [2.05, 4.69) is 18.9 Å². The fraction of sp³-hybridized carbons (Fsp3) is 0.357. The molecule has 1 aromatic heterocycles. The smallest absolute Gasteiger partial charge is 0.487 e. The summed E-state index contributed by atoms with van der Waals surface area (Å²) in [7, 11) is -1.48. The van der Waals surface area contributed by atoms with Crippen molar-refractivity contribution >= 4 is 12.6 Å². The second kappa shape index (κ2) is 6.59. The average molecular weight is 274 g/mol. The van der Waals surface area contributed by atoms with Gasteiger partial charge in [0.15, 0.2) is 0 Å². The molecule has 0 amide bonds. The van der Waals surface area contributed by atoms with E-state index >= 15 is 0 Å². The van der Waals surface area contributed by atoms with Crippen molar-refractivity contribution < 1.29 is 14.8 Å². The maximum Gasteiger partial charge on any atom is 0.488 e. The molecule has 5 nitrogen and oxygen atoms in total. The van der Waals surface area contributed by atoms with Gasteiger partial charge in [0.1, 0.15) is 12.4 Å². The van der Waals surface area contributed by atoms with Crippen LogP contribution in [0.5, 0.6) is 5.75 Å². The van der Waals surface area contributed by atoms with Crippen LogP contribution in [-0.4, -0.2) is 26.9 Å². The topological polar surface area (TPSA) is 67.5 Å². The number of rotatable bonds is 6. The molecule has 1 aromatic carbocycles. The second-order valence-corrected chi connectivity index (χ2v) is 4.78. The molecule has 20 heavy (non-hydrogen) atoms. The van der Waals surface area contributed by atoms with E-state index in [9.17, 15) is 0 Å². The van der Waals surface area contributed by atoms with Gasteiger partial charge in [-0.2, -0.15) is 5.10 Å². The molecule has 0 aliphatic carbocycles. The van der Waals surface area contributed by atoms with Crippen molar-refractivity contribution in [3.8, 4) is 5.75 Å². The average Bonchev–Trinajstić information content (AvgIpc) is 2.93. The highest BCUT2D eigenvalue weighted by Gasteiger charge is 2.11. The highest BCUT2D eigenvalue weighted by Crippen LogP contribution is 2.12. The third kappa shape index (κ3) is 3.62. The molecule has 0 radical (unpaired) electrons. The van der Waals surface area contributed by atoms with Gasteiger partial charge in [0.05, 0.1) is 5.69 Å². The van der Waals surface area contributed by atoms with E-state index < -0.39 is 7.12 Å². The number of aromatic nitrogens is 2. The van der Waals surface area contributed by atoms with Crippen LogP contribution in [0.2, 0.25) is 0 Å². The van der Waals surface area contributed by atoms with Crippen LogP contribution in [0.4, 0.5) is 0 Å². The number of benzene rings is 1. The van der Waals surface area contributed by atoms with Crippen LogP contribution in [0.1, 0.15) is 32.0 Å². The zero-order chi connectivity index (χ0) is 14.5. The number of hydrogen-bond acceptors (Lipinski definition) is 4. The Morgan fingerprint density at radius 1 is 1.35 bits per heavy atom. The first kappa shape index (κ1) is 14.6. The summed E-state index contributed by atoms with van der Waals surface area (Å²) in [6.07, 6.45) is 2.97. The molecule has 2 N–H and O–H groups in total. The van der Waals surface area contributed by atoms with Crippen LogP contribution in [0.3, 0.4) is 0 Å². The van der Waals surface area contributed by atoms with E-state index in [1.807, 2.05) is 16.9 Å². The Bertz CT molecular complexity index is 557. The van der Waals surface area contributed by atoms with E-state index in [-0.39, 0.29) is 0 Å². The van der Waals surface area contributed by atoms with Crippen molar-refractivity contribution in [2.24, 2.45) is 0 Å². The quantitative estimate of drug-likeness (QED) is 0.774. The Balaban J connectivity index is 1.98. The number of nitrogens with zero attached hydrogens (tertiary/aromatic N) is 2. The molecule has 0 bridgehead atoms. The van der Waals surface area contributed by atoms with Crippen LogP contribution in [0.15, 0.2) is 36.5 Å². The molecule has 0 fully saturated rings. The first-order chi connectivity index (χ1) is 9.60. The minimum absolute atomic E-state index is 0.356. The van der Waals surface area contributed by atoms with Gasteiger partial charge in [-0.1, -0.05) is 19.1 Å². The Morgan fingerprint density at radius 3 is 2.85 bits per heavy atom. The molecule has 106 valence electrons. The molecule has 0 aliphatic heterocycles. The lowest BCUT2D eigenvalue weighted by Crippen LogP contribution is -2.29. The number of ether oxygens (including phenoxy) is 1. The van der Waals surface area contributed by atoms with Crippen molar-refractivity contribution in [3.63, 3.8) is 0 Å². The van der Waals surface area contributed by atoms with Gasteiger partial charge in [-0.3, -0.25) is 4.68 Å². The van der Waals surface area contributed by atoms with Gasteiger partial charge in [0.2, 0.25) is 0 Å². The predicted molar refractivity (Wildman–Crippen MR) is 77.8 cm³/mol. The summed E-state index contributed by atoms with van der Waals surface area (Å²) in [5.74, 6) is 0.591. The van der Waals surface area contributed by atoms with E-state index in [1.54, 1.807) is 24.3 Å². The monoisotopic (exact) mass is 274 g/mol. The fourth-order valence-corrected chi connectivity index (χ4v) is 1.81. The third-order valence-electron chi connectivity index (χ3n) is 3.25. The van der Waals surface area contributed by atoms with Crippen LogP contribution in [-0.2, 0) is 6.61 Å². The van der Waals surface area contributed by atoms with Gasteiger partial charge >= 0.3 is 7.12 Å². The van der Waals surface area contributed by atoms with Crippen molar-refractivity contribution in [3.05, 3.63) is 42.2 Å². The van der Waals surface area contributed by atoms with Gasteiger partial charge < -0.3 is 14.8 Å². The molecular formula is C14H19BN2O3. The lowest BCUT2D eigenvalue weighted by atomic mass is 9.80. The van der Waals surface area contributed by atoms with Crippen LogP contribution < -0.4 is 10.2 Å². The molecule has 0 saturated heterocycles. The lowest BCUT2D eigenvalue weighted by molar-refractivity contribution is 0.298. The molecule has 1 unspecified atom stereocenters. The summed E-state index contributed by atoms with van der Waals surface area (Å²) in [4.78, 5) is 0. The fourth-order valence-electron chi connectivity index (χ4n) is 1.81. The van der Waals surface area contributed by atoms with Crippen molar-refractivity contribution in [2.75, 3.05) is 0 Å². The number of hydrogen-bond donors (Lipinski definition) is 2. The first-order valence-electron chi connectivity index (χ1n) is 6.73. The van der Waals surface area contributed by atoms with E-state index in [0.717, 1.165) is 12.1 Å². The molecule has 6 heteroatoms. The lowest BCUT2D eigenvalue weighted by Gasteiger charge is -2.09. The van der Waals surface area contributed by atoms with Crippen molar-refractivity contribution in [2.45, 2.75) is 32.9 Å². The summed E-state index contributed by atoms with van der Waals surface area (Å²) in [5.41, 5.74) is 1.26. The normalized spacial score (nSPS) is 12.2. The van der Waals surface area contributed by atoms with E-state index in [4.69, 9.17) is 14.8 Å². The van der Waals surface area contributed by atoms with E-state index in [1.165, 1.54) is 0 Å². The van der Waals surface area contributed by atoms with Crippen molar-refractivity contribution in [1.82, 2.24) is 9.78 Å². The minimum Gasteiger partial charge on any atom is -0.487 e.